The first kappa shape index (κ1) is 9.97. The van der Waals surface area contributed by atoms with Crippen LogP contribution < -0.4 is 0 Å². The molecule has 0 aromatic heterocycles. The van der Waals surface area contributed by atoms with Crippen LogP contribution in [0, 0.1) is 5.92 Å². The smallest absolute Gasteiger partial charge is 0.226 e. The maximum Gasteiger partial charge on any atom is 0.226 e. The van der Waals surface area contributed by atoms with E-state index in [2.05, 4.69) is 0 Å². The number of nitrogens with zero attached hydrogens (tertiary/aromatic N) is 1. The van der Waals surface area contributed by atoms with Crippen LogP contribution in [0.4, 0.5) is 0 Å². The number of hydrogen-bond acceptors (Lipinski definition) is 2. The standard InChI is InChI=1S/C11H19NO2/c1-11(2)9(13)6-7-12(11)10(14)8-4-3-5-8/h8-9,13H,3-7H2,1-2H3. The molecular formula is C11H19NO2. The Balaban J connectivity index is 2.07. The second-order valence-electron chi connectivity index (χ2n) is 5.08. The summed E-state index contributed by atoms with van der Waals surface area (Å²) in [7, 11) is 0. The van der Waals surface area contributed by atoms with Crippen molar-refractivity contribution in [1.82, 2.24) is 4.90 Å². The van der Waals surface area contributed by atoms with Crippen molar-refractivity contribution in [2.24, 2.45) is 5.92 Å². The minimum atomic E-state index is -0.355. The Morgan fingerprint density at radius 1 is 1.36 bits per heavy atom. The van der Waals surface area contributed by atoms with Crippen LogP contribution >= 0.6 is 0 Å². The first-order chi connectivity index (χ1) is 6.53. The van der Waals surface area contributed by atoms with Crippen molar-refractivity contribution in [1.29, 1.82) is 0 Å². The molecular weight excluding hydrogens is 178 g/mol. The molecule has 1 aliphatic carbocycles. The predicted molar refractivity (Wildman–Crippen MR) is 53.8 cm³/mol. The average Bonchev–Trinajstić information content (AvgIpc) is 2.23. The van der Waals surface area contributed by atoms with Gasteiger partial charge >= 0.3 is 0 Å². The summed E-state index contributed by atoms with van der Waals surface area (Å²) in [6.45, 7) is 4.64. The molecule has 1 saturated carbocycles. The van der Waals surface area contributed by atoms with Gasteiger partial charge in [-0.25, -0.2) is 0 Å². The van der Waals surface area contributed by atoms with Gasteiger partial charge in [-0.15, -0.1) is 0 Å². The predicted octanol–water partition coefficient (Wildman–Crippen LogP) is 1.16. The Bertz CT molecular complexity index is 246. The van der Waals surface area contributed by atoms with Gasteiger partial charge in [0.2, 0.25) is 5.91 Å². The molecule has 0 spiro atoms. The molecule has 1 N–H and O–H groups in total. The topological polar surface area (TPSA) is 40.5 Å². The molecule has 2 rings (SSSR count). The third-order valence-corrected chi connectivity index (χ3v) is 3.86. The molecule has 1 saturated heterocycles. The lowest BCUT2D eigenvalue weighted by atomic mass is 9.83. The highest BCUT2D eigenvalue weighted by molar-refractivity contribution is 5.80. The van der Waals surface area contributed by atoms with E-state index < -0.39 is 0 Å². The lowest BCUT2D eigenvalue weighted by Gasteiger charge is -2.38. The van der Waals surface area contributed by atoms with Crippen molar-refractivity contribution >= 4 is 5.91 Å². The van der Waals surface area contributed by atoms with E-state index in [0.717, 1.165) is 25.8 Å². The molecule has 1 atom stereocenters. The third-order valence-electron chi connectivity index (χ3n) is 3.86. The summed E-state index contributed by atoms with van der Waals surface area (Å²) < 4.78 is 0. The van der Waals surface area contributed by atoms with Crippen LogP contribution in [0.15, 0.2) is 0 Å². The largest absolute Gasteiger partial charge is 0.391 e. The molecule has 0 aromatic rings. The van der Waals surface area contributed by atoms with E-state index in [1.165, 1.54) is 6.42 Å². The van der Waals surface area contributed by atoms with Gasteiger partial charge in [0.1, 0.15) is 0 Å². The van der Waals surface area contributed by atoms with Gasteiger partial charge in [0.25, 0.3) is 0 Å². The van der Waals surface area contributed by atoms with Crippen LogP contribution in [0.5, 0.6) is 0 Å². The first-order valence-electron chi connectivity index (χ1n) is 5.53. The summed E-state index contributed by atoms with van der Waals surface area (Å²) in [5.41, 5.74) is -0.354. The quantitative estimate of drug-likeness (QED) is 0.685. The zero-order chi connectivity index (χ0) is 10.3. The van der Waals surface area contributed by atoms with Crippen molar-refractivity contribution in [3.8, 4) is 0 Å². The monoisotopic (exact) mass is 197 g/mol. The van der Waals surface area contributed by atoms with Crippen molar-refractivity contribution in [3.63, 3.8) is 0 Å². The van der Waals surface area contributed by atoms with E-state index in [-0.39, 0.29) is 23.5 Å². The third kappa shape index (κ3) is 1.34. The van der Waals surface area contributed by atoms with Crippen LogP contribution in [0.25, 0.3) is 0 Å². The molecule has 2 aliphatic rings. The Hall–Kier alpha value is -0.570. The maximum absolute atomic E-state index is 12.0. The van der Waals surface area contributed by atoms with Crippen LogP contribution in [0.3, 0.4) is 0 Å². The second kappa shape index (κ2) is 3.23. The molecule has 3 nitrogen and oxygen atoms in total. The van der Waals surface area contributed by atoms with Crippen LogP contribution in [-0.4, -0.2) is 34.1 Å². The Kier molecular flexibility index (Phi) is 2.30. The highest BCUT2D eigenvalue weighted by atomic mass is 16.3. The van der Waals surface area contributed by atoms with Crippen molar-refractivity contribution < 1.29 is 9.90 Å². The lowest BCUT2D eigenvalue weighted by molar-refractivity contribution is -0.143. The van der Waals surface area contributed by atoms with Gasteiger partial charge in [-0.1, -0.05) is 6.42 Å². The number of carbonyl (C=O) groups excluding carboxylic acids is 1. The normalized spacial score (nSPS) is 31.6. The van der Waals surface area contributed by atoms with Gasteiger partial charge in [-0.3, -0.25) is 4.79 Å². The minimum Gasteiger partial charge on any atom is -0.391 e. The van der Waals surface area contributed by atoms with E-state index in [1.807, 2.05) is 18.7 Å². The average molecular weight is 197 g/mol. The summed E-state index contributed by atoms with van der Waals surface area (Å²) in [6.07, 6.45) is 3.65. The number of aliphatic hydroxyl groups excluding tert-OH is 1. The van der Waals surface area contributed by atoms with Crippen molar-refractivity contribution in [2.75, 3.05) is 6.54 Å². The number of amides is 1. The molecule has 3 heteroatoms. The fraction of sp³-hybridized carbons (Fsp3) is 0.909. The molecule has 2 fully saturated rings. The van der Waals surface area contributed by atoms with Crippen LogP contribution in [-0.2, 0) is 4.79 Å². The van der Waals surface area contributed by atoms with Gasteiger partial charge in [0, 0.05) is 12.5 Å². The SMILES string of the molecule is CC1(C)C(O)CCN1C(=O)C1CCC1. The van der Waals surface area contributed by atoms with E-state index in [1.54, 1.807) is 0 Å². The van der Waals surface area contributed by atoms with Crippen LogP contribution in [0.2, 0.25) is 0 Å². The van der Waals surface area contributed by atoms with E-state index in [4.69, 9.17) is 0 Å². The molecule has 0 radical (unpaired) electrons. The minimum absolute atomic E-state index is 0.250. The van der Waals surface area contributed by atoms with Gasteiger partial charge in [-0.2, -0.15) is 0 Å². The molecule has 0 aromatic carbocycles. The summed E-state index contributed by atoms with van der Waals surface area (Å²) in [5.74, 6) is 0.511. The van der Waals surface area contributed by atoms with Crippen molar-refractivity contribution in [2.45, 2.75) is 51.2 Å². The summed E-state index contributed by atoms with van der Waals surface area (Å²) >= 11 is 0. The van der Waals surface area contributed by atoms with Gasteiger partial charge < -0.3 is 10.0 Å². The molecule has 80 valence electrons. The highest BCUT2D eigenvalue weighted by Gasteiger charge is 2.45. The Morgan fingerprint density at radius 3 is 2.36 bits per heavy atom. The fourth-order valence-electron chi connectivity index (χ4n) is 2.34. The van der Waals surface area contributed by atoms with Crippen LogP contribution in [0.1, 0.15) is 39.5 Å². The fourth-order valence-corrected chi connectivity index (χ4v) is 2.34. The summed E-state index contributed by atoms with van der Waals surface area (Å²) in [4.78, 5) is 13.9. The molecule has 1 unspecified atom stereocenters. The van der Waals surface area contributed by atoms with Gasteiger partial charge in [-0.05, 0) is 33.1 Å². The van der Waals surface area contributed by atoms with Gasteiger partial charge in [0.15, 0.2) is 0 Å². The number of carbonyl (C=O) groups is 1. The molecule has 1 aliphatic heterocycles. The molecule has 1 amide bonds. The van der Waals surface area contributed by atoms with Gasteiger partial charge in [0.05, 0.1) is 11.6 Å². The second-order valence-corrected chi connectivity index (χ2v) is 5.08. The zero-order valence-corrected chi connectivity index (χ0v) is 8.99. The van der Waals surface area contributed by atoms with E-state index in [0.29, 0.717) is 0 Å². The van der Waals surface area contributed by atoms with E-state index in [9.17, 15) is 9.90 Å². The maximum atomic E-state index is 12.0. The summed E-state index contributed by atoms with van der Waals surface area (Å²) in [6, 6.07) is 0. The zero-order valence-electron chi connectivity index (χ0n) is 8.99. The Labute approximate surface area is 85.1 Å². The number of likely N-dealkylation sites (tertiary alicyclic amines) is 1. The Morgan fingerprint density at radius 2 is 2.00 bits per heavy atom. The number of hydrogen-bond donors (Lipinski definition) is 1. The lowest BCUT2D eigenvalue weighted by Crippen LogP contribution is -2.51. The number of aliphatic hydroxyl groups is 1. The molecule has 14 heavy (non-hydrogen) atoms. The van der Waals surface area contributed by atoms with E-state index >= 15 is 0 Å². The summed E-state index contributed by atoms with van der Waals surface area (Å²) in [5, 5.41) is 9.75. The first-order valence-corrected chi connectivity index (χ1v) is 5.53. The molecule has 1 heterocycles. The molecule has 0 bridgehead atoms. The number of rotatable bonds is 1. The highest BCUT2D eigenvalue weighted by Crippen LogP contribution is 2.35. The van der Waals surface area contributed by atoms with Crippen molar-refractivity contribution in [3.05, 3.63) is 0 Å².